The summed E-state index contributed by atoms with van der Waals surface area (Å²) in [5.74, 6) is 0. The van der Waals surface area contributed by atoms with Crippen molar-refractivity contribution < 1.29 is 33.2 Å². The molecule has 6 heavy (non-hydrogen) atoms. The Morgan fingerprint density at radius 2 is 1.50 bits per heavy atom. The molecule has 0 nitrogen and oxygen atoms in total. The van der Waals surface area contributed by atoms with Crippen molar-refractivity contribution in [1.82, 2.24) is 0 Å². The zero-order valence-electron chi connectivity index (χ0n) is 2.39. The molecule has 5 heteroatoms. The van der Waals surface area contributed by atoms with Gasteiger partial charge in [-0.2, -0.15) is 0 Å². The van der Waals surface area contributed by atoms with Gasteiger partial charge in [0.1, 0.15) is 0 Å². The highest BCUT2D eigenvalue weighted by molar-refractivity contribution is 6.03. The molecule has 0 unspecified atom stereocenters. The summed E-state index contributed by atoms with van der Waals surface area (Å²) < 4.78 is 28.0. The summed E-state index contributed by atoms with van der Waals surface area (Å²) in [7, 11) is 4.46. The summed E-state index contributed by atoms with van der Waals surface area (Å²) >= 11 is -2.06. The van der Waals surface area contributed by atoms with E-state index in [2.05, 4.69) is 8.91 Å². The molecule has 0 saturated carbocycles. The molecule has 0 aromatic carbocycles. The second-order valence-corrected chi connectivity index (χ2v) is 3.09. The number of hydrogen-bond acceptors (Lipinski definition) is 0. The third-order valence-electron chi connectivity index (χ3n) is 0.0810. The maximum Gasteiger partial charge on any atom is 0.624 e. The van der Waals surface area contributed by atoms with Gasteiger partial charge in [-0.05, 0) is 0 Å². The molecule has 0 amide bonds. The van der Waals surface area contributed by atoms with E-state index in [0.717, 1.165) is 0 Å². The summed E-state index contributed by atoms with van der Waals surface area (Å²) in [6.45, 7) is 0. The van der Waals surface area contributed by atoms with E-state index in [4.69, 9.17) is 0 Å². The number of hydrogen-bond donors (Lipinski definition) is 0. The van der Waals surface area contributed by atoms with E-state index in [9.17, 15) is 13.2 Å². The molecular weight excluding hydrogens is 231 g/mol. The van der Waals surface area contributed by atoms with Crippen molar-refractivity contribution in [2.45, 2.75) is 4.18 Å². The second kappa shape index (κ2) is 2.20. The lowest BCUT2D eigenvalue weighted by Gasteiger charge is -1.76. The van der Waals surface area contributed by atoms with E-state index >= 15 is 0 Å². The van der Waals surface area contributed by atoms with Gasteiger partial charge in [0.05, 0.1) is 0 Å². The first-order valence-corrected chi connectivity index (χ1v) is 4.71. The van der Waals surface area contributed by atoms with E-state index in [1.807, 2.05) is 0 Å². The lowest BCUT2D eigenvalue weighted by Crippen LogP contribution is -3.60. The molecule has 0 radical (unpaired) electrons. The van der Waals surface area contributed by atoms with Crippen LogP contribution in [-0.2, 0) is 0 Å². The SMILES string of the molecule is FC(F)(F)[I+]Cl. The van der Waals surface area contributed by atoms with Crippen molar-refractivity contribution in [3.05, 3.63) is 0 Å². The molecule has 0 aromatic rings. The minimum Gasteiger partial charge on any atom is -0.124 e. The van der Waals surface area contributed by atoms with E-state index in [1.54, 1.807) is 0 Å². The van der Waals surface area contributed by atoms with Crippen molar-refractivity contribution in [3.63, 3.8) is 0 Å². The van der Waals surface area contributed by atoms with Crippen LogP contribution in [-0.4, -0.2) is 4.18 Å². The van der Waals surface area contributed by atoms with Crippen LogP contribution in [0.1, 0.15) is 0 Å². The van der Waals surface area contributed by atoms with Gasteiger partial charge in [0.15, 0.2) is 0 Å². The summed E-state index contributed by atoms with van der Waals surface area (Å²) in [6, 6.07) is 0. The van der Waals surface area contributed by atoms with Crippen LogP contribution in [0.25, 0.3) is 0 Å². The highest BCUT2D eigenvalue weighted by Crippen LogP contribution is 1.97. The molecule has 0 atom stereocenters. The molecule has 0 spiro atoms. The van der Waals surface area contributed by atoms with Crippen LogP contribution >= 0.6 is 8.91 Å². The lowest BCUT2D eigenvalue weighted by molar-refractivity contribution is -0.709. The number of halogens is 5. The van der Waals surface area contributed by atoms with Crippen molar-refractivity contribution in [1.29, 1.82) is 0 Å². The van der Waals surface area contributed by atoms with Gasteiger partial charge in [-0.25, -0.2) is 0 Å². The Morgan fingerprint density at radius 3 is 1.50 bits per heavy atom. The van der Waals surface area contributed by atoms with Crippen molar-refractivity contribution in [3.8, 4) is 0 Å². The van der Waals surface area contributed by atoms with Gasteiger partial charge in [0.25, 0.3) is 0 Å². The highest BCUT2D eigenvalue weighted by atomic mass is 127. The molecular formula is CClF3I+. The molecule has 0 aliphatic rings. The molecule has 0 saturated heterocycles. The highest BCUT2D eigenvalue weighted by Gasteiger charge is 2.46. The Bertz CT molecular complexity index is 40.5. The first-order chi connectivity index (χ1) is 2.56. The van der Waals surface area contributed by atoms with Gasteiger partial charge in [-0.1, -0.05) is 0 Å². The standard InChI is InChI=1S/CClF3I/c2-6-1(3,4)5/q+1. The van der Waals surface area contributed by atoms with Crippen LogP contribution in [0.2, 0.25) is 0 Å². The van der Waals surface area contributed by atoms with E-state index in [0.29, 0.717) is 0 Å². The van der Waals surface area contributed by atoms with Gasteiger partial charge >= 0.3 is 24.3 Å². The predicted octanol–water partition coefficient (Wildman–Crippen LogP) is -1.25. The molecule has 0 bridgehead atoms. The van der Waals surface area contributed by atoms with E-state index < -0.39 is 24.3 Å². The van der Waals surface area contributed by atoms with Crippen molar-refractivity contribution in [2.24, 2.45) is 0 Å². The molecule has 0 aromatic heterocycles. The minimum absolute atomic E-state index is 2.06. The first-order valence-electron chi connectivity index (χ1n) is 0.899. The largest absolute Gasteiger partial charge is 0.624 e. The topological polar surface area (TPSA) is 0 Å². The van der Waals surface area contributed by atoms with Crippen molar-refractivity contribution in [2.75, 3.05) is 0 Å². The summed E-state index contributed by atoms with van der Waals surface area (Å²) in [6.07, 6.45) is 0. The first kappa shape index (κ1) is 6.81. The fourth-order valence-corrected chi connectivity index (χ4v) is 0. The Morgan fingerprint density at radius 1 is 1.33 bits per heavy atom. The summed E-state index contributed by atoms with van der Waals surface area (Å²) in [5, 5.41) is 0. The quantitative estimate of drug-likeness (QED) is 0.361. The Balaban J connectivity index is 3.17. The lowest BCUT2D eigenvalue weighted by atomic mass is 11.6. The Kier molecular flexibility index (Phi) is 2.50. The molecule has 0 aliphatic heterocycles. The van der Waals surface area contributed by atoms with Crippen LogP contribution < -0.4 is 20.1 Å². The molecule has 0 aliphatic carbocycles. The summed E-state index contributed by atoms with van der Waals surface area (Å²) in [4.78, 5) is 0. The minimum atomic E-state index is -4.08. The van der Waals surface area contributed by atoms with Crippen LogP contribution in [0.15, 0.2) is 0 Å². The van der Waals surface area contributed by atoms with Crippen molar-refractivity contribution >= 4 is 8.91 Å². The number of rotatable bonds is 0. The van der Waals surface area contributed by atoms with E-state index in [1.165, 1.54) is 0 Å². The third-order valence-corrected chi connectivity index (χ3v) is 1.63. The monoisotopic (exact) mass is 231 g/mol. The van der Waals surface area contributed by atoms with Gasteiger partial charge in [0.2, 0.25) is 8.91 Å². The fraction of sp³-hybridized carbons (Fsp3) is 1.00. The zero-order valence-corrected chi connectivity index (χ0v) is 5.30. The fourth-order valence-electron chi connectivity index (χ4n) is 0. The molecule has 0 fully saturated rings. The smallest absolute Gasteiger partial charge is 0.124 e. The average Bonchev–Trinajstić information content (AvgIpc) is 1.35. The van der Waals surface area contributed by atoms with Gasteiger partial charge in [-0.15, -0.1) is 13.2 Å². The van der Waals surface area contributed by atoms with Crippen LogP contribution in [0, 0.1) is 0 Å². The maximum atomic E-state index is 10.7. The Hall–Kier alpha value is 0.810. The van der Waals surface area contributed by atoms with Crippen LogP contribution in [0.3, 0.4) is 0 Å². The van der Waals surface area contributed by atoms with E-state index in [-0.39, 0.29) is 0 Å². The predicted molar refractivity (Wildman–Crippen MR) is 11.9 cm³/mol. The van der Waals surface area contributed by atoms with Gasteiger partial charge in [-0.3, -0.25) is 0 Å². The zero-order chi connectivity index (χ0) is 5.21. The molecule has 0 N–H and O–H groups in total. The van der Waals surface area contributed by atoms with Crippen LogP contribution in [0.5, 0.6) is 0 Å². The van der Waals surface area contributed by atoms with Gasteiger partial charge in [0, 0.05) is 0 Å². The normalized spacial score (nSPS) is 12.0. The number of alkyl halides is 4. The molecule has 0 rings (SSSR count). The van der Waals surface area contributed by atoms with Crippen LogP contribution in [0.4, 0.5) is 13.2 Å². The Labute approximate surface area is 46.6 Å². The molecule has 38 valence electrons. The third kappa shape index (κ3) is 4.81. The molecule has 0 heterocycles. The summed E-state index contributed by atoms with van der Waals surface area (Å²) in [5.41, 5.74) is 0. The second-order valence-electron chi connectivity index (χ2n) is 0.500. The maximum absolute atomic E-state index is 10.7. The average molecular weight is 231 g/mol. The van der Waals surface area contributed by atoms with Gasteiger partial charge < -0.3 is 0 Å².